The smallest absolute Gasteiger partial charge is 0.317 e. The number of carboxylic acids is 1. The molecule has 0 saturated carbocycles. The fourth-order valence-electron chi connectivity index (χ4n) is 1.10. The van der Waals surface area contributed by atoms with Gasteiger partial charge in [0, 0.05) is 12.4 Å². The van der Waals surface area contributed by atoms with Crippen molar-refractivity contribution in [1.82, 2.24) is 9.97 Å². The Labute approximate surface area is 93.1 Å². The van der Waals surface area contributed by atoms with Crippen LogP contribution < -0.4 is 0 Å². The Morgan fingerprint density at radius 2 is 2.00 bits per heavy atom. The number of rotatable bonds is 4. The van der Waals surface area contributed by atoms with Crippen LogP contribution in [-0.2, 0) is 4.79 Å². The number of aryl methyl sites for hydroxylation is 1. The number of carboxylic acid groups (broad SMARTS) is 1. The molecule has 0 aliphatic carbocycles. The molecule has 0 spiro atoms. The minimum absolute atomic E-state index is 0.0638. The zero-order valence-electron chi connectivity index (χ0n) is 8.97. The predicted octanol–water partition coefficient (Wildman–Crippen LogP) is 1.99. The van der Waals surface area contributed by atoms with Crippen LogP contribution in [0.25, 0.3) is 0 Å². The van der Waals surface area contributed by atoms with Crippen molar-refractivity contribution in [1.29, 1.82) is 0 Å². The van der Waals surface area contributed by atoms with Crippen LogP contribution in [0.5, 0.6) is 0 Å². The lowest BCUT2D eigenvalue weighted by Gasteiger charge is -2.15. The van der Waals surface area contributed by atoms with Crippen molar-refractivity contribution in [2.45, 2.75) is 31.0 Å². The van der Waals surface area contributed by atoms with Crippen LogP contribution in [0.4, 0.5) is 0 Å². The summed E-state index contributed by atoms with van der Waals surface area (Å²) in [6, 6.07) is 0. The fourth-order valence-corrected chi connectivity index (χ4v) is 2.06. The minimum Gasteiger partial charge on any atom is -0.480 e. The second kappa shape index (κ2) is 5.11. The van der Waals surface area contributed by atoms with Crippen molar-refractivity contribution < 1.29 is 9.90 Å². The van der Waals surface area contributed by atoms with Crippen LogP contribution in [0.1, 0.15) is 19.5 Å². The molecule has 1 rings (SSSR count). The van der Waals surface area contributed by atoms with Gasteiger partial charge in [-0.2, -0.15) is 0 Å². The Hall–Kier alpha value is -1.10. The highest BCUT2D eigenvalue weighted by Crippen LogP contribution is 2.27. The van der Waals surface area contributed by atoms with Crippen molar-refractivity contribution in [3.8, 4) is 0 Å². The monoisotopic (exact) mass is 226 g/mol. The van der Waals surface area contributed by atoms with E-state index in [-0.39, 0.29) is 5.92 Å². The first-order chi connectivity index (χ1) is 7.02. The molecule has 0 radical (unpaired) electrons. The third-order valence-electron chi connectivity index (χ3n) is 1.92. The molecule has 1 unspecified atom stereocenters. The van der Waals surface area contributed by atoms with E-state index in [9.17, 15) is 4.79 Å². The van der Waals surface area contributed by atoms with Crippen LogP contribution >= 0.6 is 11.8 Å². The lowest BCUT2D eigenvalue weighted by atomic mass is 10.1. The van der Waals surface area contributed by atoms with E-state index in [1.54, 1.807) is 12.4 Å². The molecule has 1 aromatic rings. The van der Waals surface area contributed by atoms with E-state index in [0.29, 0.717) is 5.03 Å². The van der Waals surface area contributed by atoms with Gasteiger partial charge in [-0.3, -0.25) is 9.78 Å². The predicted molar refractivity (Wildman–Crippen MR) is 58.9 cm³/mol. The maximum Gasteiger partial charge on any atom is 0.317 e. The zero-order valence-corrected chi connectivity index (χ0v) is 9.78. The summed E-state index contributed by atoms with van der Waals surface area (Å²) >= 11 is 1.26. The Morgan fingerprint density at radius 1 is 1.40 bits per heavy atom. The van der Waals surface area contributed by atoms with Crippen LogP contribution in [0.3, 0.4) is 0 Å². The molecule has 5 heteroatoms. The summed E-state index contributed by atoms with van der Waals surface area (Å²) in [5.74, 6) is -0.742. The molecule has 1 atom stereocenters. The number of carbonyl (C=O) groups is 1. The second-order valence-corrected chi connectivity index (χ2v) is 4.70. The molecule has 1 heterocycles. The number of hydrogen-bond acceptors (Lipinski definition) is 4. The zero-order chi connectivity index (χ0) is 11.4. The largest absolute Gasteiger partial charge is 0.480 e. The lowest BCUT2D eigenvalue weighted by molar-refractivity contribution is -0.137. The van der Waals surface area contributed by atoms with Gasteiger partial charge in [0.05, 0.1) is 5.69 Å². The molecule has 0 aliphatic heterocycles. The average Bonchev–Trinajstić information content (AvgIpc) is 2.15. The van der Waals surface area contributed by atoms with E-state index in [1.165, 1.54) is 11.8 Å². The molecule has 0 aliphatic rings. The summed E-state index contributed by atoms with van der Waals surface area (Å²) in [4.78, 5) is 19.2. The van der Waals surface area contributed by atoms with Gasteiger partial charge in [0.25, 0.3) is 0 Å². The number of hydrogen-bond donors (Lipinski definition) is 1. The van der Waals surface area contributed by atoms with Crippen molar-refractivity contribution in [3.63, 3.8) is 0 Å². The first kappa shape index (κ1) is 12.0. The summed E-state index contributed by atoms with van der Waals surface area (Å²) in [5.41, 5.74) is 0.773. The van der Waals surface area contributed by atoms with Crippen LogP contribution in [0.2, 0.25) is 0 Å². The molecule has 0 aromatic carbocycles. The SMILES string of the molecule is Cc1nccnc1SC(C(=O)O)C(C)C. The molecule has 0 amide bonds. The standard InChI is InChI=1S/C10H14N2O2S/c1-6(2)8(10(13)14)15-9-7(3)11-4-5-12-9/h4-6,8H,1-3H3,(H,13,14). The Balaban J connectivity index is 2.84. The number of aromatic nitrogens is 2. The first-order valence-electron chi connectivity index (χ1n) is 4.69. The van der Waals surface area contributed by atoms with Crippen LogP contribution in [-0.4, -0.2) is 26.3 Å². The highest BCUT2D eigenvalue weighted by molar-refractivity contribution is 8.00. The normalized spacial score (nSPS) is 12.8. The van der Waals surface area contributed by atoms with Crippen LogP contribution in [0, 0.1) is 12.8 Å². The molecular formula is C10H14N2O2S. The lowest BCUT2D eigenvalue weighted by Crippen LogP contribution is -2.22. The topological polar surface area (TPSA) is 63.1 Å². The third kappa shape index (κ3) is 3.20. The van der Waals surface area contributed by atoms with E-state index in [4.69, 9.17) is 5.11 Å². The van der Waals surface area contributed by atoms with Gasteiger partial charge in [0.2, 0.25) is 0 Å². The van der Waals surface area contributed by atoms with E-state index in [0.717, 1.165) is 5.69 Å². The van der Waals surface area contributed by atoms with Gasteiger partial charge >= 0.3 is 5.97 Å². The summed E-state index contributed by atoms with van der Waals surface area (Å²) in [6.07, 6.45) is 3.18. The summed E-state index contributed by atoms with van der Waals surface area (Å²) in [5, 5.41) is 9.25. The Kier molecular flexibility index (Phi) is 4.08. The molecule has 4 nitrogen and oxygen atoms in total. The van der Waals surface area contributed by atoms with Crippen molar-refractivity contribution in [2.75, 3.05) is 0 Å². The van der Waals surface area contributed by atoms with Crippen molar-refractivity contribution in [3.05, 3.63) is 18.1 Å². The summed E-state index contributed by atoms with van der Waals surface area (Å²) < 4.78 is 0. The maximum atomic E-state index is 11.0. The Bertz CT molecular complexity index is 355. The summed E-state index contributed by atoms with van der Waals surface area (Å²) in [6.45, 7) is 5.60. The van der Waals surface area contributed by atoms with Gasteiger partial charge in [0.1, 0.15) is 10.3 Å². The molecule has 0 saturated heterocycles. The van der Waals surface area contributed by atoms with Crippen molar-refractivity contribution >= 4 is 17.7 Å². The summed E-state index contributed by atoms with van der Waals surface area (Å²) in [7, 11) is 0. The Morgan fingerprint density at radius 3 is 2.47 bits per heavy atom. The maximum absolute atomic E-state index is 11.0. The quantitative estimate of drug-likeness (QED) is 0.795. The molecule has 82 valence electrons. The van der Waals surface area contributed by atoms with Gasteiger partial charge in [0.15, 0.2) is 0 Å². The molecular weight excluding hydrogens is 212 g/mol. The van der Waals surface area contributed by atoms with Crippen LogP contribution in [0.15, 0.2) is 17.4 Å². The fraction of sp³-hybridized carbons (Fsp3) is 0.500. The number of aliphatic carboxylic acids is 1. The molecule has 0 bridgehead atoms. The number of nitrogens with zero attached hydrogens (tertiary/aromatic N) is 2. The highest BCUT2D eigenvalue weighted by Gasteiger charge is 2.24. The minimum atomic E-state index is -0.806. The molecule has 0 fully saturated rings. The van der Waals surface area contributed by atoms with E-state index >= 15 is 0 Å². The van der Waals surface area contributed by atoms with Gasteiger partial charge in [-0.05, 0) is 12.8 Å². The van der Waals surface area contributed by atoms with Gasteiger partial charge < -0.3 is 5.11 Å². The third-order valence-corrected chi connectivity index (χ3v) is 3.55. The first-order valence-corrected chi connectivity index (χ1v) is 5.57. The average molecular weight is 226 g/mol. The number of thioether (sulfide) groups is 1. The van der Waals surface area contributed by atoms with E-state index in [2.05, 4.69) is 9.97 Å². The van der Waals surface area contributed by atoms with Crippen molar-refractivity contribution in [2.24, 2.45) is 5.92 Å². The second-order valence-electron chi connectivity index (χ2n) is 3.57. The van der Waals surface area contributed by atoms with Gasteiger partial charge in [-0.1, -0.05) is 25.6 Å². The molecule has 1 aromatic heterocycles. The van der Waals surface area contributed by atoms with Gasteiger partial charge in [-0.25, -0.2) is 4.98 Å². The molecule has 1 N–H and O–H groups in total. The van der Waals surface area contributed by atoms with E-state index in [1.807, 2.05) is 20.8 Å². The van der Waals surface area contributed by atoms with Gasteiger partial charge in [-0.15, -0.1) is 0 Å². The van der Waals surface area contributed by atoms with E-state index < -0.39 is 11.2 Å². The highest BCUT2D eigenvalue weighted by atomic mass is 32.2. The molecule has 15 heavy (non-hydrogen) atoms.